The fourth-order valence-corrected chi connectivity index (χ4v) is 8.12. The summed E-state index contributed by atoms with van der Waals surface area (Å²) >= 11 is -3.89. The van der Waals surface area contributed by atoms with Gasteiger partial charge < -0.3 is 0 Å². The zero-order chi connectivity index (χ0) is 16.7. The molecule has 0 aromatic heterocycles. The SMILES string of the molecule is C[CH2][Sn]([O]c1ccccc1)([O]c1ccccc1)[O]c1ccccc1. The van der Waals surface area contributed by atoms with Crippen LogP contribution in [-0.2, 0) is 0 Å². The first-order valence-corrected chi connectivity index (χ1v) is 13.5. The topological polar surface area (TPSA) is 27.7 Å². The van der Waals surface area contributed by atoms with Crippen molar-refractivity contribution >= 4 is 19.6 Å². The summed E-state index contributed by atoms with van der Waals surface area (Å²) in [6, 6.07) is 29.2. The number of para-hydroxylation sites is 3. The molecule has 0 saturated carbocycles. The molecule has 0 amide bonds. The second-order valence-corrected chi connectivity index (χ2v) is 12.9. The average Bonchev–Trinajstić information content (AvgIpc) is 2.64. The number of hydrogen-bond donors (Lipinski definition) is 0. The Hall–Kier alpha value is -2.14. The normalized spacial score (nSPS) is 10.9. The molecule has 0 N–H and O–H groups in total. The third-order valence-corrected chi connectivity index (χ3v) is 10.6. The standard InChI is InChI=1S/3C6H6O.C2H5.Sn/c3*7-6-4-2-1-3-5-6;1-2;/h3*1-5,7H;1H2,2H3;/q;;;;+3/p-3. The van der Waals surface area contributed by atoms with Crippen molar-refractivity contribution in [3.05, 3.63) is 91.0 Å². The molecule has 0 fully saturated rings. The quantitative estimate of drug-likeness (QED) is 0.487. The van der Waals surface area contributed by atoms with Gasteiger partial charge in [0.05, 0.1) is 0 Å². The van der Waals surface area contributed by atoms with Crippen molar-refractivity contribution in [3.63, 3.8) is 0 Å². The molecule has 0 radical (unpaired) electrons. The molecule has 0 saturated heterocycles. The van der Waals surface area contributed by atoms with Gasteiger partial charge in [-0.25, -0.2) is 0 Å². The van der Waals surface area contributed by atoms with E-state index in [0.29, 0.717) is 4.44 Å². The van der Waals surface area contributed by atoms with Crippen LogP contribution in [0.5, 0.6) is 17.2 Å². The van der Waals surface area contributed by atoms with Crippen LogP contribution in [0.15, 0.2) is 91.0 Å². The molecular weight excluding hydrogens is 407 g/mol. The summed E-state index contributed by atoms with van der Waals surface area (Å²) in [4.78, 5) is 0. The van der Waals surface area contributed by atoms with Crippen molar-refractivity contribution in [2.45, 2.75) is 11.4 Å². The van der Waals surface area contributed by atoms with E-state index in [2.05, 4.69) is 6.92 Å². The molecule has 0 aliphatic heterocycles. The zero-order valence-corrected chi connectivity index (χ0v) is 16.4. The van der Waals surface area contributed by atoms with Gasteiger partial charge in [-0.1, -0.05) is 0 Å². The molecule has 24 heavy (non-hydrogen) atoms. The Morgan fingerprint density at radius 3 is 1.08 bits per heavy atom. The molecule has 0 bridgehead atoms. The maximum atomic E-state index is 6.32. The van der Waals surface area contributed by atoms with Gasteiger partial charge in [0, 0.05) is 0 Å². The van der Waals surface area contributed by atoms with Crippen LogP contribution in [0.1, 0.15) is 6.92 Å². The van der Waals surface area contributed by atoms with E-state index in [1.165, 1.54) is 0 Å². The Labute approximate surface area is 148 Å². The second kappa shape index (κ2) is 8.10. The van der Waals surface area contributed by atoms with Crippen LogP contribution in [-0.4, -0.2) is 19.6 Å². The molecule has 3 rings (SSSR count). The van der Waals surface area contributed by atoms with E-state index in [9.17, 15) is 0 Å². The van der Waals surface area contributed by atoms with Crippen LogP contribution < -0.4 is 9.22 Å². The number of rotatable bonds is 7. The molecule has 0 aliphatic rings. The fraction of sp³-hybridized carbons (Fsp3) is 0.100. The van der Waals surface area contributed by atoms with Gasteiger partial charge >= 0.3 is 148 Å². The van der Waals surface area contributed by atoms with Crippen molar-refractivity contribution in [3.8, 4) is 17.2 Å². The van der Waals surface area contributed by atoms with Crippen molar-refractivity contribution in [1.29, 1.82) is 0 Å². The summed E-state index contributed by atoms with van der Waals surface area (Å²) in [5.74, 6) is 2.34. The van der Waals surface area contributed by atoms with Crippen LogP contribution in [0, 0.1) is 0 Å². The average molecular weight is 427 g/mol. The van der Waals surface area contributed by atoms with Gasteiger partial charge in [0.25, 0.3) is 0 Å². The Morgan fingerprint density at radius 2 is 0.833 bits per heavy atom. The van der Waals surface area contributed by atoms with E-state index < -0.39 is 19.6 Å². The molecule has 0 unspecified atom stereocenters. The van der Waals surface area contributed by atoms with Gasteiger partial charge in [-0.3, -0.25) is 0 Å². The summed E-state index contributed by atoms with van der Waals surface area (Å²) in [6.07, 6.45) is 0. The van der Waals surface area contributed by atoms with Gasteiger partial charge in [-0.05, 0) is 0 Å². The van der Waals surface area contributed by atoms with E-state index in [4.69, 9.17) is 9.22 Å². The van der Waals surface area contributed by atoms with E-state index in [-0.39, 0.29) is 0 Å². The summed E-state index contributed by atoms with van der Waals surface area (Å²) < 4.78 is 19.7. The molecule has 3 aromatic rings. The molecule has 122 valence electrons. The minimum atomic E-state index is -3.89. The molecule has 3 aromatic carbocycles. The Balaban J connectivity index is 1.91. The van der Waals surface area contributed by atoms with Crippen LogP contribution >= 0.6 is 0 Å². The minimum absolute atomic E-state index is 0.716. The van der Waals surface area contributed by atoms with Crippen molar-refractivity contribution in [2.24, 2.45) is 0 Å². The van der Waals surface area contributed by atoms with Gasteiger partial charge in [-0.2, -0.15) is 0 Å². The summed E-state index contributed by atoms with van der Waals surface area (Å²) in [7, 11) is 0. The van der Waals surface area contributed by atoms with E-state index in [1.807, 2.05) is 91.0 Å². The summed E-state index contributed by atoms with van der Waals surface area (Å²) in [6.45, 7) is 2.06. The van der Waals surface area contributed by atoms with Crippen molar-refractivity contribution in [1.82, 2.24) is 0 Å². The third-order valence-electron chi connectivity index (χ3n) is 3.48. The van der Waals surface area contributed by atoms with Gasteiger partial charge in [0.2, 0.25) is 0 Å². The number of benzene rings is 3. The zero-order valence-electron chi connectivity index (χ0n) is 13.6. The summed E-state index contributed by atoms with van der Waals surface area (Å²) in [5.41, 5.74) is 0. The van der Waals surface area contributed by atoms with Crippen LogP contribution in [0.25, 0.3) is 0 Å². The maximum absolute atomic E-state index is 6.32. The molecule has 0 spiro atoms. The monoisotopic (exact) mass is 428 g/mol. The molecule has 0 atom stereocenters. The molecule has 0 aliphatic carbocycles. The molecule has 3 nitrogen and oxygen atoms in total. The van der Waals surface area contributed by atoms with Crippen molar-refractivity contribution < 1.29 is 9.22 Å². The predicted octanol–water partition coefficient (Wildman–Crippen LogP) is 5.18. The Kier molecular flexibility index (Phi) is 5.64. The van der Waals surface area contributed by atoms with E-state index >= 15 is 0 Å². The van der Waals surface area contributed by atoms with Crippen LogP contribution in [0.2, 0.25) is 4.44 Å². The first-order valence-electron chi connectivity index (χ1n) is 8.02. The first-order chi connectivity index (χ1) is 11.8. The Bertz CT molecular complexity index is 631. The number of hydrogen-bond acceptors (Lipinski definition) is 3. The van der Waals surface area contributed by atoms with Crippen molar-refractivity contribution in [2.75, 3.05) is 0 Å². The van der Waals surface area contributed by atoms with E-state index in [0.717, 1.165) is 17.2 Å². The fourth-order valence-electron chi connectivity index (χ4n) is 2.28. The molecule has 0 heterocycles. The predicted molar refractivity (Wildman–Crippen MR) is 97.4 cm³/mol. The van der Waals surface area contributed by atoms with Crippen LogP contribution in [0.4, 0.5) is 0 Å². The van der Waals surface area contributed by atoms with Gasteiger partial charge in [0.15, 0.2) is 0 Å². The van der Waals surface area contributed by atoms with Gasteiger partial charge in [0.1, 0.15) is 0 Å². The van der Waals surface area contributed by atoms with E-state index in [1.54, 1.807) is 0 Å². The Morgan fingerprint density at radius 1 is 0.542 bits per heavy atom. The van der Waals surface area contributed by atoms with Gasteiger partial charge in [-0.15, -0.1) is 0 Å². The van der Waals surface area contributed by atoms with Crippen LogP contribution in [0.3, 0.4) is 0 Å². The third kappa shape index (κ3) is 4.45. The first kappa shape index (κ1) is 16.7. The molecular formula is C20H20O3Sn. The summed E-state index contributed by atoms with van der Waals surface area (Å²) in [5, 5.41) is 0. The molecule has 4 heteroatoms. The second-order valence-electron chi connectivity index (χ2n) is 5.28.